The van der Waals surface area contributed by atoms with Crippen molar-refractivity contribution in [3.63, 3.8) is 0 Å². The predicted molar refractivity (Wildman–Crippen MR) is 101 cm³/mol. The Morgan fingerprint density at radius 3 is 1.63 bits per heavy atom. The van der Waals surface area contributed by atoms with Crippen LogP contribution in [0.4, 0.5) is 11.4 Å². The number of fused-ring (bicyclic) bond motifs is 6. The largest absolute Gasteiger partial charge is 0.368 e. The first-order valence-corrected chi connectivity index (χ1v) is 8.91. The Labute approximate surface area is 170 Å². The number of hydrogen-bond acceptors (Lipinski definition) is 10. The lowest BCUT2D eigenvalue weighted by Crippen LogP contribution is -2.37. The standard InChI is InChI=1S/C20H10N10/c21-3-9-1-12-17(27-13(9)5-23)11-2-10(4-22)14(6-24)28-18(11)20-19(12)29-15(7-25)16(8-26)30-20/h9-10,13-14,27-28H,1-2H2. The minimum absolute atomic E-state index is 0.148. The van der Waals surface area contributed by atoms with Gasteiger partial charge in [0.05, 0.1) is 47.3 Å². The van der Waals surface area contributed by atoms with E-state index in [0.717, 1.165) is 0 Å². The summed E-state index contributed by atoms with van der Waals surface area (Å²) in [5.74, 6) is -1.29. The first-order valence-electron chi connectivity index (χ1n) is 8.91. The van der Waals surface area contributed by atoms with Gasteiger partial charge < -0.3 is 10.6 Å². The van der Waals surface area contributed by atoms with Crippen LogP contribution in [0, 0.1) is 79.8 Å². The number of nitrogens with one attached hydrogen (secondary N) is 2. The maximum Gasteiger partial charge on any atom is 0.177 e. The Kier molecular flexibility index (Phi) is 4.26. The fraction of sp³-hybridized carbons (Fsp3) is 0.300. The number of nitrogens with zero attached hydrogens (tertiary/aromatic N) is 8. The van der Waals surface area contributed by atoms with Gasteiger partial charge in [0.25, 0.3) is 0 Å². The van der Waals surface area contributed by atoms with E-state index in [0.29, 0.717) is 33.5 Å². The first kappa shape index (κ1) is 18.5. The van der Waals surface area contributed by atoms with Crippen LogP contribution >= 0.6 is 0 Å². The van der Waals surface area contributed by atoms with Crippen molar-refractivity contribution in [2.75, 3.05) is 10.6 Å². The third-order valence-electron chi connectivity index (χ3n) is 5.40. The molecule has 1 aromatic carbocycles. The minimum Gasteiger partial charge on any atom is -0.368 e. The van der Waals surface area contributed by atoms with Crippen molar-refractivity contribution >= 4 is 22.4 Å². The Morgan fingerprint density at radius 1 is 0.633 bits per heavy atom. The minimum atomic E-state index is -0.797. The number of rotatable bonds is 0. The molecular weight excluding hydrogens is 380 g/mol. The summed E-state index contributed by atoms with van der Waals surface area (Å²) >= 11 is 0. The van der Waals surface area contributed by atoms with Crippen molar-refractivity contribution in [1.29, 1.82) is 31.6 Å². The number of nitriles is 6. The lowest BCUT2D eigenvalue weighted by molar-refractivity contribution is 0.583. The van der Waals surface area contributed by atoms with Gasteiger partial charge in [-0.3, -0.25) is 0 Å². The molecule has 4 rings (SSSR count). The predicted octanol–water partition coefficient (Wildman–Crippen LogP) is 1.37. The lowest BCUT2D eigenvalue weighted by atomic mass is 9.81. The zero-order valence-electron chi connectivity index (χ0n) is 15.3. The topological polar surface area (TPSA) is 193 Å². The van der Waals surface area contributed by atoms with Crippen molar-refractivity contribution in [3.8, 4) is 36.4 Å². The molecule has 30 heavy (non-hydrogen) atoms. The molecule has 0 spiro atoms. The Hall–Kier alpha value is -4.90. The van der Waals surface area contributed by atoms with Crippen molar-refractivity contribution in [2.24, 2.45) is 11.8 Å². The Morgan fingerprint density at radius 2 is 1.13 bits per heavy atom. The van der Waals surface area contributed by atoms with Crippen molar-refractivity contribution < 1.29 is 0 Å². The van der Waals surface area contributed by atoms with Crippen molar-refractivity contribution in [3.05, 3.63) is 22.5 Å². The Bertz CT molecular complexity index is 1240. The second-order valence-electron chi connectivity index (χ2n) is 6.93. The molecule has 0 saturated carbocycles. The number of hydrogen-bond donors (Lipinski definition) is 2. The zero-order valence-corrected chi connectivity index (χ0v) is 15.3. The van der Waals surface area contributed by atoms with Crippen LogP contribution in [0.2, 0.25) is 0 Å². The second kappa shape index (κ2) is 6.92. The van der Waals surface area contributed by atoms with Crippen LogP contribution in [0.5, 0.6) is 0 Å². The third kappa shape index (κ3) is 2.51. The van der Waals surface area contributed by atoms with Crippen molar-refractivity contribution in [2.45, 2.75) is 24.9 Å². The molecule has 0 amide bonds. The summed E-state index contributed by atoms with van der Waals surface area (Å²) in [6.07, 6.45) is 0.423. The van der Waals surface area contributed by atoms with Crippen LogP contribution in [0.15, 0.2) is 0 Å². The molecule has 2 aliphatic heterocycles. The first-order chi connectivity index (χ1) is 14.6. The average Bonchev–Trinajstić information content (AvgIpc) is 2.81. The second-order valence-corrected chi connectivity index (χ2v) is 6.93. The molecule has 3 heterocycles. The summed E-state index contributed by atoms with van der Waals surface area (Å²) in [6, 6.07) is 10.5. The van der Waals surface area contributed by atoms with Gasteiger partial charge in [0.15, 0.2) is 11.4 Å². The summed E-state index contributed by atoms with van der Waals surface area (Å²) < 4.78 is 0. The van der Waals surface area contributed by atoms with Gasteiger partial charge in [-0.2, -0.15) is 31.6 Å². The molecule has 0 radical (unpaired) electrons. The highest BCUT2D eigenvalue weighted by Gasteiger charge is 2.38. The summed E-state index contributed by atoms with van der Waals surface area (Å²) in [6.45, 7) is 0. The highest BCUT2D eigenvalue weighted by Crippen LogP contribution is 2.44. The van der Waals surface area contributed by atoms with E-state index in [1.807, 2.05) is 12.1 Å². The molecule has 4 unspecified atom stereocenters. The van der Waals surface area contributed by atoms with Gasteiger partial charge in [-0.25, -0.2) is 9.97 Å². The van der Waals surface area contributed by atoms with Gasteiger partial charge in [-0.1, -0.05) is 0 Å². The molecule has 0 bridgehead atoms. The molecular formula is C20H10N10. The molecule has 4 atom stereocenters. The van der Waals surface area contributed by atoms with Crippen LogP contribution in [0.3, 0.4) is 0 Å². The number of benzene rings is 1. The van der Waals surface area contributed by atoms with Gasteiger partial charge >= 0.3 is 0 Å². The number of anilines is 2. The van der Waals surface area contributed by atoms with Gasteiger partial charge in [-0.15, -0.1) is 0 Å². The van der Waals surface area contributed by atoms with Crippen LogP contribution in [-0.2, 0) is 12.8 Å². The van der Waals surface area contributed by atoms with E-state index in [9.17, 15) is 31.6 Å². The van der Waals surface area contributed by atoms with E-state index >= 15 is 0 Å². The third-order valence-corrected chi connectivity index (χ3v) is 5.40. The smallest absolute Gasteiger partial charge is 0.177 e. The highest BCUT2D eigenvalue weighted by atomic mass is 15.0. The van der Waals surface area contributed by atoms with E-state index in [-0.39, 0.29) is 24.2 Å². The van der Waals surface area contributed by atoms with Crippen LogP contribution in [0.25, 0.3) is 11.0 Å². The number of aromatic nitrogens is 2. The lowest BCUT2D eigenvalue weighted by Gasteiger charge is -2.34. The molecule has 10 nitrogen and oxygen atoms in total. The average molecular weight is 390 g/mol. The van der Waals surface area contributed by atoms with Gasteiger partial charge in [0.2, 0.25) is 0 Å². The highest BCUT2D eigenvalue weighted by molar-refractivity contribution is 5.99. The monoisotopic (exact) mass is 390 g/mol. The van der Waals surface area contributed by atoms with Crippen LogP contribution in [-0.4, -0.2) is 22.1 Å². The molecule has 2 N–H and O–H groups in total. The molecule has 0 aliphatic carbocycles. The summed E-state index contributed by atoms with van der Waals surface area (Å²) in [5, 5.41) is 62.8. The summed E-state index contributed by atoms with van der Waals surface area (Å²) in [4.78, 5) is 8.65. The zero-order chi connectivity index (χ0) is 21.4. The van der Waals surface area contributed by atoms with Gasteiger partial charge in [0, 0.05) is 16.8 Å². The SMILES string of the molecule is N#Cc1nc2c3c(c4c(c2nc1C#N)NC(C#N)C(C#N)C4)NC(C#N)C(C#N)C3. The van der Waals surface area contributed by atoms with E-state index in [2.05, 4.69) is 44.9 Å². The molecule has 10 heteroatoms. The van der Waals surface area contributed by atoms with Crippen LogP contribution < -0.4 is 10.6 Å². The fourth-order valence-electron chi connectivity index (χ4n) is 3.95. The van der Waals surface area contributed by atoms with Gasteiger partial charge in [-0.05, 0) is 12.8 Å². The molecule has 140 valence electrons. The van der Waals surface area contributed by atoms with E-state index < -0.39 is 23.9 Å². The van der Waals surface area contributed by atoms with E-state index in [1.165, 1.54) is 0 Å². The maximum absolute atomic E-state index is 9.50. The molecule has 1 aromatic heterocycles. The van der Waals surface area contributed by atoms with E-state index in [1.54, 1.807) is 0 Å². The quantitative estimate of drug-likeness (QED) is 0.663. The fourth-order valence-corrected chi connectivity index (χ4v) is 3.95. The molecule has 0 fully saturated rings. The molecule has 2 aromatic rings. The summed E-state index contributed by atoms with van der Waals surface area (Å²) in [5.41, 5.74) is 2.57. The van der Waals surface area contributed by atoms with Crippen LogP contribution in [0.1, 0.15) is 22.5 Å². The maximum atomic E-state index is 9.50. The molecule has 0 saturated heterocycles. The Balaban J connectivity index is 2.10. The molecule has 2 aliphatic rings. The van der Waals surface area contributed by atoms with E-state index in [4.69, 9.17) is 0 Å². The van der Waals surface area contributed by atoms with Crippen molar-refractivity contribution in [1.82, 2.24) is 9.97 Å². The van der Waals surface area contributed by atoms with Gasteiger partial charge in [0.1, 0.15) is 29.7 Å². The summed E-state index contributed by atoms with van der Waals surface area (Å²) in [7, 11) is 0. The normalized spacial score (nSPS) is 23.4.